The summed E-state index contributed by atoms with van der Waals surface area (Å²) in [6.45, 7) is 3.22. The predicted octanol–water partition coefficient (Wildman–Crippen LogP) is 1.79. The summed E-state index contributed by atoms with van der Waals surface area (Å²) >= 11 is 0. The number of nitrogens with one attached hydrogen (secondary N) is 1. The molecule has 1 aromatic heterocycles. The minimum Gasteiger partial charge on any atom is -0.481 e. The van der Waals surface area contributed by atoms with Crippen LogP contribution in [0.25, 0.3) is 0 Å². The smallest absolute Gasteiger partial charge is 0.317 e. The number of hydrogen-bond donors (Lipinski definition) is 2. The number of rotatable bonds is 3. The summed E-state index contributed by atoms with van der Waals surface area (Å²) in [6, 6.07) is 3.62. The van der Waals surface area contributed by atoms with Gasteiger partial charge in [-0.05, 0) is 43.4 Å². The second-order valence-electron chi connectivity index (χ2n) is 6.40. The zero-order chi connectivity index (χ0) is 15.7. The Balaban J connectivity index is 1.61. The fourth-order valence-corrected chi connectivity index (χ4v) is 3.80. The van der Waals surface area contributed by atoms with Crippen LogP contribution in [-0.2, 0) is 11.3 Å². The first-order chi connectivity index (χ1) is 10.5. The highest BCUT2D eigenvalue weighted by Crippen LogP contribution is 2.48. The molecule has 1 aliphatic carbocycles. The number of carbonyl (C=O) groups is 2. The Bertz CT molecular complexity index is 604. The topological polar surface area (TPSA) is 82.5 Å². The van der Waals surface area contributed by atoms with Crippen molar-refractivity contribution < 1.29 is 14.7 Å². The first kappa shape index (κ1) is 14.8. The van der Waals surface area contributed by atoms with Crippen molar-refractivity contribution in [1.29, 1.82) is 0 Å². The number of hydrogen-bond acceptors (Lipinski definition) is 3. The molecular weight excluding hydrogens is 282 g/mol. The maximum absolute atomic E-state index is 12.3. The second kappa shape index (κ2) is 5.59. The number of carbonyl (C=O) groups excluding carboxylic acids is 1. The molecule has 2 amide bonds. The van der Waals surface area contributed by atoms with Gasteiger partial charge in [-0.25, -0.2) is 4.79 Å². The standard InChI is InChI=1S/C16H21N3O3/c1-11-7-12(4-6-17-11)8-18-15(22)19-9-13-3-2-5-16(13,10-19)14(20)21/h4,6-7,13H,2-3,5,8-10H2,1H3,(H,18,22)(H,20,21)/t13-,16+/m0/s1. The highest BCUT2D eigenvalue weighted by Gasteiger charge is 2.55. The van der Waals surface area contributed by atoms with Gasteiger partial charge in [-0.3, -0.25) is 9.78 Å². The van der Waals surface area contributed by atoms with Crippen LogP contribution in [0.3, 0.4) is 0 Å². The minimum atomic E-state index is -0.755. The zero-order valence-corrected chi connectivity index (χ0v) is 12.7. The van der Waals surface area contributed by atoms with Gasteiger partial charge in [-0.1, -0.05) is 6.42 Å². The number of carboxylic acid groups (broad SMARTS) is 1. The van der Waals surface area contributed by atoms with Crippen molar-refractivity contribution in [2.45, 2.75) is 32.7 Å². The number of amides is 2. The van der Waals surface area contributed by atoms with Crippen LogP contribution in [0.15, 0.2) is 18.3 Å². The fraction of sp³-hybridized carbons (Fsp3) is 0.562. The average Bonchev–Trinajstić information content (AvgIpc) is 3.02. The molecule has 6 nitrogen and oxygen atoms in total. The lowest BCUT2D eigenvalue weighted by Gasteiger charge is -2.23. The average molecular weight is 303 g/mol. The minimum absolute atomic E-state index is 0.0962. The zero-order valence-electron chi connectivity index (χ0n) is 12.7. The van der Waals surface area contributed by atoms with Gasteiger partial charge in [0.05, 0.1) is 5.41 Å². The summed E-state index contributed by atoms with van der Waals surface area (Å²) in [6.07, 6.45) is 4.25. The molecule has 3 rings (SSSR count). The summed E-state index contributed by atoms with van der Waals surface area (Å²) in [4.78, 5) is 29.7. The molecule has 2 N–H and O–H groups in total. The molecule has 0 spiro atoms. The Morgan fingerprint density at radius 2 is 2.36 bits per heavy atom. The highest BCUT2D eigenvalue weighted by molar-refractivity contribution is 5.80. The van der Waals surface area contributed by atoms with E-state index in [0.29, 0.717) is 26.1 Å². The van der Waals surface area contributed by atoms with Crippen LogP contribution in [0.4, 0.5) is 4.79 Å². The largest absolute Gasteiger partial charge is 0.481 e. The van der Waals surface area contributed by atoms with Gasteiger partial charge >= 0.3 is 12.0 Å². The van der Waals surface area contributed by atoms with E-state index in [-0.39, 0.29) is 11.9 Å². The van der Waals surface area contributed by atoms with E-state index in [1.54, 1.807) is 11.1 Å². The van der Waals surface area contributed by atoms with Crippen molar-refractivity contribution in [3.05, 3.63) is 29.6 Å². The lowest BCUT2D eigenvalue weighted by molar-refractivity contribution is -0.149. The summed E-state index contributed by atoms with van der Waals surface area (Å²) in [5.41, 5.74) is 1.19. The second-order valence-corrected chi connectivity index (χ2v) is 6.40. The molecule has 118 valence electrons. The molecule has 22 heavy (non-hydrogen) atoms. The van der Waals surface area contributed by atoms with Crippen molar-refractivity contribution >= 4 is 12.0 Å². The normalized spacial score (nSPS) is 26.8. The van der Waals surface area contributed by atoms with Crippen LogP contribution in [0.2, 0.25) is 0 Å². The molecular formula is C16H21N3O3. The van der Waals surface area contributed by atoms with Gasteiger partial charge in [0.25, 0.3) is 0 Å². The fourth-order valence-electron chi connectivity index (χ4n) is 3.80. The lowest BCUT2D eigenvalue weighted by atomic mass is 9.81. The van der Waals surface area contributed by atoms with Gasteiger partial charge in [0.2, 0.25) is 0 Å². The molecule has 1 aromatic rings. The van der Waals surface area contributed by atoms with E-state index in [4.69, 9.17) is 0 Å². The third-order valence-corrected chi connectivity index (χ3v) is 4.99. The Morgan fingerprint density at radius 3 is 3.05 bits per heavy atom. The highest BCUT2D eigenvalue weighted by atomic mass is 16.4. The number of urea groups is 1. The Kier molecular flexibility index (Phi) is 3.76. The van der Waals surface area contributed by atoms with Gasteiger partial charge in [-0.2, -0.15) is 0 Å². The van der Waals surface area contributed by atoms with Gasteiger partial charge in [0, 0.05) is 31.5 Å². The van der Waals surface area contributed by atoms with Crippen molar-refractivity contribution in [2.24, 2.45) is 11.3 Å². The Labute approximate surface area is 129 Å². The van der Waals surface area contributed by atoms with Crippen LogP contribution in [-0.4, -0.2) is 40.1 Å². The van der Waals surface area contributed by atoms with E-state index in [1.807, 2.05) is 19.1 Å². The number of carboxylic acids is 1. The van der Waals surface area contributed by atoms with Gasteiger partial charge in [0.15, 0.2) is 0 Å². The molecule has 2 aliphatic rings. The van der Waals surface area contributed by atoms with E-state index in [1.165, 1.54) is 0 Å². The molecule has 2 heterocycles. The van der Waals surface area contributed by atoms with E-state index < -0.39 is 11.4 Å². The van der Waals surface area contributed by atoms with Gasteiger partial charge in [-0.15, -0.1) is 0 Å². The van der Waals surface area contributed by atoms with E-state index in [0.717, 1.165) is 24.1 Å². The summed E-state index contributed by atoms with van der Waals surface area (Å²) in [5, 5.41) is 12.4. The monoisotopic (exact) mass is 303 g/mol. The first-order valence-electron chi connectivity index (χ1n) is 7.69. The number of likely N-dealkylation sites (tertiary alicyclic amines) is 1. The van der Waals surface area contributed by atoms with Crippen molar-refractivity contribution in [3.8, 4) is 0 Å². The quantitative estimate of drug-likeness (QED) is 0.892. The molecule has 0 bridgehead atoms. The van der Waals surface area contributed by atoms with Gasteiger partial charge in [0.1, 0.15) is 0 Å². The molecule has 1 saturated carbocycles. The number of fused-ring (bicyclic) bond motifs is 1. The molecule has 6 heteroatoms. The SMILES string of the molecule is Cc1cc(CNC(=O)N2C[C@@H]3CCC[C@@]3(C(=O)O)C2)ccn1. The van der Waals surface area contributed by atoms with Crippen molar-refractivity contribution in [2.75, 3.05) is 13.1 Å². The third-order valence-electron chi connectivity index (χ3n) is 4.99. The molecule has 0 aromatic carbocycles. The van der Waals surface area contributed by atoms with Crippen LogP contribution < -0.4 is 5.32 Å². The predicted molar refractivity (Wildman–Crippen MR) is 80.2 cm³/mol. The third kappa shape index (κ3) is 2.53. The molecule has 0 unspecified atom stereocenters. The Morgan fingerprint density at radius 1 is 1.55 bits per heavy atom. The van der Waals surface area contributed by atoms with E-state index >= 15 is 0 Å². The van der Waals surface area contributed by atoms with E-state index in [9.17, 15) is 14.7 Å². The molecule has 0 radical (unpaired) electrons. The summed E-state index contributed by atoms with van der Waals surface area (Å²) < 4.78 is 0. The first-order valence-corrected chi connectivity index (χ1v) is 7.69. The molecule has 1 saturated heterocycles. The van der Waals surface area contributed by atoms with Gasteiger partial charge < -0.3 is 15.3 Å². The van der Waals surface area contributed by atoms with E-state index in [2.05, 4.69) is 10.3 Å². The number of aliphatic carboxylic acids is 1. The number of aryl methyl sites for hydroxylation is 1. The Hall–Kier alpha value is -2.11. The molecule has 2 fully saturated rings. The van der Waals surface area contributed by atoms with Crippen molar-refractivity contribution in [3.63, 3.8) is 0 Å². The number of nitrogens with zero attached hydrogens (tertiary/aromatic N) is 2. The maximum atomic E-state index is 12.3. The lowest BCUT2D eigenvalue weighted by Crippen LogP contribution is -2.41. The van der Waals surface area contributed by atoms with Crippen LogP contribution >= 0.6 is 0 Å². The number of pyridine rings is 1. The number of aromatic nitrogens is 1. The van der Waals surface area contributed by atoms with Crippen LogP contribution in [0.5, 0.6) is 0 Å². The van der Waals surface area contributed by atoms with Crippen molar-refractivity contribution in [1.82, 2.24) is 15.2 Å². The van der Waals surface area contributed by atoms with Crippen LogP contribution in [0.1, 0.15) is 30.5 Å². The molecule has 2 atom stereocenters. The maximum Gasteiger partial charge on any atom is 0.317 e. The van der Waals surface area contributed by atoms with Crippen LogP contribution in [0, 0.1) is 18.3 Å². The molecule has 1 aliphatic heterocycles. The summed E-state index contributed by atoms with van der Waals surface area (Å²) in [5.74, 6) is -0.658. The summed E-state index contributed by atoms with van der Waals surface area (Å²) in [7, 11) is 0.